The van der Waals surface area contributed by atoms with E-state index in [2.05, 4.69) is 44.8 Å². The third-order valence-corrected chi connectivity index (χ3v) is 7.19. The van der Waals surface area contributed by atoms with Crippen LogP contribution in [-0.2, 0) is 0 Å². The fraction of sp³-hybridized carbons (Fsp3) is 0.696. The first kappa shape index (κ1) is 21.2. The Hall–Kier alpha value is -1.02. The van der Waals surface area contributed by atoms with Crippen LogP contribution in [-0.4, -0.2) is 49.2 Å². The predicted molar refractivity (Wildman–Crippen MR) is 128 cm³/mol. The van der Waals surface area contributed by atoms with E-state index in [0.717, 1.165) is 36.6 Å². The van der Waals surface area contributed by atoms with Gasteiger partial charge in [-0.2, -0.15) is 0 Å². The minimum Gasteiger partial charge on any atom is -0.487 e. The summed E-state index contributed by atoms with van der Waals surface area (Å²) in [5.41, 5.74) is 1.28. The van der Waals surface area contributed by atoms with Gasteiger partial charge >= 0.3 is 0 Å². The molecule has 2 aliphatic heterocycles. The van der Waals surface area contributed by atoms with Crippen molar-refractivity contribution in [1.82, 2.24) is 15.5 Å². The second-order valence-electron chi connectivity index (χ2n) is 9.26. The van der Waals surface area contributed by atoms with Gasteiger partial charge in [0, 0.05) is 38.2 Å². The highest BCUT2D eigenvalue weighted by Crippen LogP contribution is 2.47. The van der Waals surface area contributed by atoms with Crippen molar-refractivity contribution in [3.8, 4) is 5.75 Å². The molecule has 5 nitrogen and oxygen atoms in total. The normalized spacial score (nSPS) is 28.5. The number of benzene rings is 1. The summed E-state index contributed by atoms with van der Waals surface area (Å²) in [4.78, 5) is 7.22. The minimum atomic E-state index is 0. The Morgan fingerprint density at radius 3 is 2.76 bits per heavy atom. The Bertz CT molecular complexity index is 729. The summed E-state index contributed by atoms with van der Waals surface area (Å²) in [5, 5.41) is 7.35. The first-order chi connectivity index (χ1) is 13.7. The molecule has 2 N–H and O–H groups in total. The minimum absolute atomic E-state index is 0. The summed E-state index contributed by atoms with van der Waals surface area (Å²) >= 11 is 0. The molecule has 29 heavy (non-hydrogen) atoms. The summed E-state index contributed by atoms with van der Waals surface area (Å²) in [6.07, 6.45) is 10.1. The lowest BCUT2D eigenvalue weighted by molar-refractivity contribution is 0.0396. The number of para-hydroxylation sites is 1. The van der Waals surface area contributed by atoms with Crippen molar-refractivity contribution in [3.63, 3.8) is 0 Å². The molecule has 2 saturated carbocycles. The van der Waals surface area contributed by atoms with Crippen LogP contribution in [0.25, 0.3) is 0 Å². The van der Waals surface area contributed by atoms with E-state index in [1.807, 2.05) is 7.05 Å². The van der Waals surface area contributed by atoms with E-state index < -0.39 is 0 Å². The maximum atomic E-state index is 6.50. The first-order valence-electron chi connectivity index (χ1n) is 11.2. The summed E-state index contributed by atoms with van der Waals surface area (Å²) in [6, 6.07) is 9.69. The van der Waals surface area contributed by atoms with Crippen molar-refractivity contribution in [2.75, 3.05) is 26.7 Å². The largest absolute Gasteiger partial charge is 0.487 e. The number of halogens is 1. The molecular weight excluding hydrogens is 475 g/mol. The molecule has 2 unspecified atom stereocenters. The van der Waals surface area contributed by atoms with Crippen molar-refractivity contribution >= 4 is 29.9 Å². The van der Waals surface area contributed by atoms with Crippen molar-refractivity contribution in [1.29, 1.82) is 0 Å². The first-order valence-corrected chi connectivity index (χ1v) is 11.2. The molecule has 0 bridgehead atoms. The van der Waals surface area contributed by atoms with Crippen LogP contribution >= 0.6 is 24.0 Å². The third-order valence-electron chi connectivity index (χ3n) is 7.19. The Morgan fingerprint density at radius 2 is 2.00 bits per heavy atom. The van der Waals surface area contributed by atoms with E-state index in [1.54, 1.807) is 0 Å². The number of rotatable bonds is 4. The number of nitrogens with zero attached hydrogens (tertiary/aromatic N) is 2. The Kier molecular flexibility index (Phi) is 6.59. The van der Waals surface area contributed by atoms with Crippen LogP contribution < -0.4 is 15.4 Å². The highest BCUT2D eigenvalue weighted by Gasteiger charge is 2.43. The highest BCUT2D eigenvalue weighted by molar-refractivity contribution is 14.0. The number of ether oxygens (including phenoxy) is 1. The fourth-order valence-corrected chi connectivity index (χ4v) is 5.47. The van der Waals surface area contributed by atoms with Crippen molar-refractivity contribution in [3.05, 3.63) is 29.8 Å². The van der Waals surface area contributed by atoms with E-state index in [0.29, 0.717) is 0 Å². The fourth-order valence-electron chi connectivity index (χ4n) is 5.47. The van der Waals surface area contributed by atoms with Gasteiger partial charge in [0.05, 0.1) is 6.04 Å². The third kappa shape index (κ3) is 4.68. The number of nitrogens with one attached hydrogen (secondary N) is 2. The van der Waals surface area contributed by atoms with Crippen LogP contribution in [0.3, 0.4) is 0 Å². The number of fused-ring (bicyclic) bond motifs is 1. The molecule has 160 valence electrons. The second kappa shape index (κ2) is 9.00. The Morgan fingerprint density at radius 1 is 1.21 bits per heavy atom. The average molecular weight is 510 g/mol. The summed E-state index contributed by atoms with van der Waals surface area (Å²) in [5.74, 6) is 2.72. The molecule has 4 aliphatic rings. The number of hydrogen-bond donors (Lipinski definition) is 2. The Balaban J connectivity index is 0.00000205. The summed E-state index contributed by atoms with van der Waals surface area (Å²) in [6.45, 7) is 3.54. The molecule has 1 aromatic carbocycles. The standard InChI is InChI=1S/C23H34N4O.HI/c1-24-22(25-15-17-10-13-27(16-17)18-8-9-18)26-20-14-23(11-4-5-12-23)28-21-7-3-2-6-19(20)21;/h2-3,6-7,17-18,20H,4-5,8-16H2,1H3,(H2,24,25,26);1H. The quantitative estimate of drug-likeness (QED) is 0.364. The predicted octanol–water partition coefficient (Wildman–Crippen LogP) is 4.09. The maximum absolute atomic E-state index is 6.50. The number of likely N-dealkylation sites (tertiary alicyclic amines) is 1. The second-order valence-corrected chi connectivity index (χ2v) is 9.26. The zero-order chi connectivity index (χ0) is 19.0. The van der Waals surface area contributed by atoms with E-state index in [9.17, 15) is 0 Å². The molecule has 2 aliphatic carbocycles. The SMILES string of the molecule is CN=C(NCC1CCN(C2CC2)C1)NC1CC2(CCCC2)Oc2ccccc21.I. The summed E-state index contributed by atoms with van der Waals surface area (Å²) < 4.78 is 6.50. The lowest BCUT2D eigenvalue weighted by Crippen LogP contribution is -2.47. The highest BCUT2D eigenvalue weighted by atomic mass is 127. The molecular formula is C23H35IN4O. The average Bonchev–Trinajstić information content (AvgIpc) is 3.30. The van der Waals surface area contributed by atoms with Crippen LogP contribution in [0.1, 0.15) is 63.0 Å². The van der Waals surface area contributed by atoms with Crippen LogP contribution in [0.5, 0.6) is 5.75 Å². The molecule has 5 rings (SSSR count). The molecule has 1 aromatic rings. The van der Waals surface area contributed by atoms with Crippen LogP contribution in [0.4, 0.5) is 0 Å². The molecule has 3 fully saturated rings. The van der Waals surface area contributed by atoms with E-state index in [1.165, 1.54) is 63.6 Å². The monoisotopic (exact) mass is 510 g/mol. The zero-order valence-corrected chi connectivity index (χ0v) is 19.9. The lowest BCUT2D eigenvalue weighted by atomic mass is 9.86. The summed E-state index contributed by atoms with van der Waals surface area (Å²) in [7, 11) is 1.89. The maximum Gasteiger partial charge on any atom is 0.191 e. The molecule has 0 amide bonds. The van der Waals surface area contributed by atoms with Crippen LogP contribution in [0.15, 0.2) is 29.3 Å². The molecule has 0 radical (unpaired) electrons. The van der Waals surface area contributed by atoms with Gasteiger partial charge in [0.1, 0.15) is 11.4 Å². The zero-order valence-electron chi connectivity index (χ0n) is 17.5. The smallest absolute Gasteiger partial charge is 0.191 e. The molecule has 6 heteroatoms. The van der Waals surface area contributed by atoms with Gasteiger partial charge in [-0.05, 0) is 63.5 Å². The van der Waals surface area contributed by atoms with Crippen molar-refractivity contribution in [2.24, 2.45) is 10.9 Å². The van der Waals surface area contributed by atoms with Gasteiger partial charge in [-0.3, -0.25) is 4.99 Å². The molecule has 1 spiro atoms. The lowest BCUT2D eigenvalue weighted by Gasteiger charge is -2.40. The number of hydrogen-bond acceptors (Lipinski definition) is 3. The number of aliphatic imine (C=N–C) groups is 1. The van der Waals surface area contributed by atoms with Crippen molar-refractivity contribution < 1.29 is 4.74 Å². The van der Waals surface area contributed by atoms with Gasteiger partial charge in [-0.15, -0.1) is 24.0 Å². The van der Waals surface area contributed by atoms with Gasteiger partial charge in [-0.25, -0.2) is 0 Å². The van der Waals surface area contributed by atoms with Gasteiger partial charge in [0.2, 0.25) is 0 Å². The van der Waals surface area contributed by atoms with Gasteiger partial charge < -0.3 is 20.3 Å². The van der Waals surface area contributed by atoms with Crippen LogP contribution in [0, 0.1) is 5.92 Å². The van der Waals surface area contributed by atoms with Crippen LogP contribution in [0.2, 0.25) is 0 Å². The Labute approximate surface area is 192 Å². The van der Waals surface area contributed by atoms with Crippen molar-refractivity contribution in [2.45, 2.75) is 69.1 Å². The number of guanidine groups is 1. The van der Waals surface area contributed by atoms with E-state index in [-0.39, 0.29) is 35.6 Å². The van der Waals surface area contributed by atoms with Gasteiger partial charge in [0.15, 0.2) is 5.96 Å². The van der Waals surface area contributed by atoms with E-state index in [4.69, 9.17) is 4.74 Å². The molecule has 0 aromatic heterocycles. The van der Waals surface area contributed by atoms with E-state index >= 15 is 0 Å². The van der Waals surface area contributed by atoms with Gasteiger partial charge in [0.25, 0.3) is 0 Å². The molecule has 1 saturated heterocycles. The van der Waals surface area contributed by atoms with Gasteiger partial charge in [-0.1, -0.05) is 18.2 Å². The molecule has 2 heterocycles. The molecule has 2 atom stereocenters. The topological polar surface area (TPSA) is 48.9 Å².